The number of aryl methyl sites for hydroxylation is 2. The minimum Gasteiger partial charge on any atom is -0.235 e. The Labute approximate surface area is 147 Å². The van der Waals surface area contributed by atoms with Gasteiger partial charge in [-0.15, -0.1) is 0 Å². The van der Waals surface area contributed by atoms with E-state index in [1.165, 1.54) is 11.1 Å². The highest BCUT2D eigenvalue weighted by Crippen LogP contribution is 2.24. The van der Waals surface area contributed by atoms with Gasteiger partial charge >= 0.3 is 0 Å². The third-order valence-electron chi connectivity index (χ3n) is 3.58. The molecule has 0 saturated carbocycles. The van der Waals surface area contributed by atoms with Gasteiger partial charge in [0.2, 0.25) is 5.16 Å². The first-order valence-corrected chi connectivity index (χ1v) is 8.79. The molecule has 0 aliphatic rings. The van der Waals surface area contributed by atoms with Crippen LogP contribution in [0, 0.1) is 13.8 Å². The Morgan fingerprint density at radius 3 is 1.67 bits per heavy atom. The Morgan fingerprint density at radius 2 is 1.21 bits per heavy atom. The van der Waals surface area contributed by atoms with Gasteiger partial charge in [-0.05, 0) is 43.0 Å². The summed E-state index contributed by atoms with van der Waals surface area (Å²) in [5, 5.41) is 0.805. The van der Waals surface area contributed by atoms with Crippen LogP contribution in [0.3, 0.4) is 0 Å². The van der Waals surface area contributed by atoms with E-state index in [-0.39, 0.29) is 0 Å². The summed E-state index contributed by atoms with van der Waals surface area (Å²) in [6.07, 6.45) is 0. The van der Waals surface area contributed by atoms with Crippen molar-refractivity contribution in [3.8, 4) is 0 Å². The van der Waals surface area contributed by atoms with Crippen LogP contribution in [0.1, 0.15) is 22.5 Å². The van der Waals surface area contributed by atoms with Crippen molar-refractivity contribution in [3.05, 3.63) is 89.2 Å². The minimum atomic E-state index is 0.805. The maximum Gasteiger partial charge on any atom is 0.203 e. The topological polar surface area (TPSA) is 29.0 Å². The molecule has 1 heterocycles. The van der Waals surface area contributed by atoms with E-state index in [2.05, 4.69) is 62.8 Å². The minimum absolute atomic E-state index is 0.805. The van der Waals surface area contributed by atoms with Crippen molar-refractivity contribution in [2.75, 3.05) is 0 Å². The fraction of sp³-hybridized carbons (Fsp3) is 0.200. The molecule has 0 aliphatic heterocycles. The quantitative estimate of drug-likeness (QED) is 0.478. The van der Waals surface area contributed by atoms with Gasteiger partial charge in [0, 0.05) is 24.5 Å². The predicted octanol–water partition coefficient (Wildman–Crippen LogP) is 4.80. The van der Waals surface area contributed by atoms with Crippen molar-refractivity contribution in [1.29, 1.82) is 0 Å². The first kappa shape index (κ1) is 16.7. The van der Waals surface area contributed by atoms with Crippen molar-refractivity contribution >= 4 is 11.9 Å². The van der Waals surface area contributed by atoms with Gasteiger partial charge in [0.25, 0.3) is 0 Å². The summed E-state index contributed by atoms with van der Waals surface area (Å²) in [7, 11) is 0. The lowest BCUT2D eigenvalue weighted by molar-refractivity contribution is 0.460. The molecule has 0 amide bonds. The Morgan fingerprint density at radius 1 is 0.750 bits per heavy atom. The Balaban J connectivity index is 1.80. The highest BCUT2D eigenvalue weighted by atomic mass is 32.2. The molecule has 0 fully saturated rings. The van der Waals surface area contributed by atoms with E-state index in [9.17, 15) is 0 Å². The van der Waals surface area contributed by atoms with E-state index >= 15 is 0 Å². The summed E-state index contributed by atoms with van der Waals surface area (Å²) in [5.74, 6) is 0. The summed E-state index contributed by atoms with van der Waals surface area (Å²) >= 11 is 1.62. The van der Waals surface area contributed by atoms with Crippen LogP contribution in [0.4, 0.5) is 0 Å². The molecule has 4 heteroatoms. The number of benzene rings is 2. The number of nitrogens with zero attached hydrogens (tertiary/aromatic N) is 3. The predicted molar refractivity (Wildman–Crippen MR) is 99.5 cm³/mol. The van der Waals surface area contributed by atoms with Gasteiger partial charge in [-0.1, -0.05) is 60.7 Å². The van der Waals surface area contributed by atoms with E-state index in [1.807, 2.05) is 32.0 Å². The first-order chi connectivity index (χ1) is 11.7. The van der Waals surface area contributed by atoms with Gasteiger partial charge in [0.15, 0.2) is 0 Å². The van der Waals surface area contributed by atoms with E-state index < -0.39 is 0 Å². The van der Waals surface area contributed by atoms with E-state index in [1.54, 1.807) is 11.9 Å². The molecule has 0 atom stereocenters. The molecule has 24 heavy (non-hydrogen) atoms. The molecule has 0 bridgehead atoms. The van der Waals surface area contributed by atoms with Crippen molar-refractivity contribution in [2.24, 2.45) is 0 Å². The number of hydrogen-bond donors (Lipinski definition) is 0. The van der Waals surface area contributed by atoms with Crippen LogP contribution in [-0.4, -0.2) is 14.3 Å². The van der Waals surface area contributed by atoms with Crippen LogP contribution in [0.25, 0.3) is 0 Å². The summed E-state index contributed by atoms with van der Waals surface area (Å²) in [5.41, 5.74) is 4.57. The molecule has 0 radical (unpaired) electrons. The van der Waals surface area contributed by atoms with Gasteiger partial charge in [-0.2, -0.15) is 0 Å². The normalized spacial score (nSPS) is 11.0. The van der Waals surface area contributed by atoms with E-state index in [0.29, 0.717) is 0 Å². The third-order valence-corrected chi connectivity index (χ3v) is 4.44. The highest BCUT2D eigenvalue weighted by Gasteiger charge is 2.12. The van der Waals surface area contributed by atoms with Crippen LogP contribution >= 0.6 is 11.9 Å². The second-order valence-electron chi connectivity index (χ2n) is 5.79. The van der Waals surface area contributed by atoms with Crippen LogP contribution in [0.2, 0.25) is 0 Å². The standard InChI is InChI=1S/C20H21N3S/c1-16-13-17(2)22-20(21-16)24-23(14-18-9-5-3-6-10-18)15-19-11-7-4-8-12-19/h3-13H,14-15H2,1-2H3. The lowest BCUT2D eigenvalue weighted by atomic mass is 10.2. The van der Waals surface area contributed by atoms with Gasteiger partial charge in [0.05, 0.1) is 0 Å². The molecular weight excluding hydrogens is 314 g/mol. The number of hydrogen-bond acceptors (Lipinski definition) is 4. The molecule has 2 aromatic carbocycles. The van der Waals surface area contributed by atoms with Crippen molar-refractivity contribution in [1.82, 2.24) is 14.3 Å². The van der Waals surface area contributed by atoms with Gasteiger partial charge in [-0.25, -0.2) is 14.3 Å². The highest BCUT2D eigenvalue weighted by molar-refractivity contribution is 7.96. The first-order valence-electron chi connectivity index (χ1n) is 8.02. The molecule has 1 aromatic heterocycles. The summed E-state index contributed by atoms with van der Waals surface area (Å²) in [6.45, 7) is 5.71. The SMILES string of the molecule is Cc1cc(C)nc(SN(Cc2ccccc2)Cc2ccccc2)n1. The van der Waals surface area contributed by atoms with Crippen LogP contribution < -0.4 is 0 Å². The van der Waals surface area contributed by atoms with Crippen molar-refractivity contribution < 1.29 is 0 Å². The number of rotatable bonds is 6. The molecule has 122 valence electrons. The zero-order valence-electron chi connectivity index (χ0n) is 14.0. The van der Waals surface area contributed by atoms with Crippen molar-refractivity contribution in [3.63, 3.8) is 0 Å². The van der Waals surface area contributed by atoms with Gasteiger partial charge in [-0.3, -0.25) is 0 Å². The molecule has 3 aromatic rings. The zero-order valence-corrected chi connectivity index (χ0v) is 14.8. The zero-order chi connectivity index (χ0) is 16.8. The monoisotopic (exact) mass is 335 g/mol. The third kappa shape index (κ3) is 4.91. The maximum absolute atomic E-state index is 4.57. The Bertz CT molecular complexity index is 714. The molecular formula is C20H21N3S. The van der Waals surface area contributed by atoms with Gasteiger partial charge < -0.3 is 0 Å². The molecule has 0 unspecified atom stereocenters. The molecule has 0 N–H and O–H groups in total. The largest absolute Gasteiger partial charge is 0.235 e. The molecule has 0 aliphatic carbocycles. The molecule has 0 saturated heterocycles. The lowest BCUT2D eigenvalue weighted by Gasteiger charge is -2.20. The molecule has 3 rings (SSSR count). The Hall–Kier alpha value is -2.17. The molecule has 3 nitrogen and oxygen atoms in total. The summed E-state index contributed by atoms with van der Waals surface area (Å²) < 4.78 is 2.30. The smallest absolute Gasteiger partial charge is 0.203 e. The van der Waals surface area contributed by atoms with E-state index in [4.69, 9.17) is 0 Å². The average Bonchev–Trinajstić information content (AvgIpc) is 2.55. The summed E-state index contributed by atoms with van der Waals surface area (Å²) in [4.78, 5) is 9.13. The second-order valence-corrected chi connectivity index (χ2v) is 6.86. The van der Waals surface area contributed by atoms with Crippen LogP contribution in [0.5, 0.6) is 0 Å². The molecule has 0 spiro atoms. The summed E-state index contributed by atoms with van der Waals surface area (Å²) in [6, 6.07) is 23.0. The average molecular weight is 335 g/mol. The fourth-order valence-corrected chi connectivity index (χ4v) is 3.57. The second kappa shape index (κ2) is 8.08. The van der Waals surface area contributed by atoms with Crippen molar-refractivity contribution in [2.45, 2.75) is 32.1 Å². The maximum atomic E-state index is 4.57. The van der Waals surface area contributed by atoms with Crippen LogP contribution in [-0.2, 0) is 13.1 Å². The lowest BCUT2D eigenvalue weighted by Crippen LogP contribution is -2.16. The van der Waals surface area contributed by atoms with Crippen LogP contribution in [0.15, 0.2) is 71.9 Å². The number of aromatic nitrogens is 2. The fourth-order valence-electron chi connectivity index (χ4n) is 2.54. The van der Waals surface area contributed by atoms with E-state index in [0.717, 1.165) is 29.6 Å². The Kier molecular flexibility index (Phi) is 5.62. The van der Waals surface area contributed by atoms with Gasteiger partial charge in [0.1, 0.15) is 0 Å².